The number of amides is 1. The molecule has 0 N–H and O–H groups in total. The first-order valence-electron chi connectivity index (χ1n) is 6.40. The van der Waals surface area contributed by atoms with Gasteiger partial charge in [0.15, 0.2) is 0 Å². The van der Waals surface area contributed by atoms with E-state index in [1.165, 1.54) is 0 Å². The van der Waals surface area contributed by atoms with E-state index in [-0.39, 0.29) is 5.91 Å². The third-order valence-corrected chi connectivity index (χ3v) is 3.67. The van der Waals surface area contributed by atoms with Crippen LogP contribution in [0.5, 0.6) is 11.5 Å². The molecule has 0 saturated carbocycles. The zero-order chi connectivity index (χ0) is 14.5. The van der Waals surface area contributed by atoms with E-state index >= 15 is 0 Å². The fourth-order valence-corrected chi connectivity index (χ4v) is 2.42. The Morgan fingerprint density at radius 2 is 2.00 bits per heavy atom. The monoisotopic (exact) mass is 299 g/mol. The predicted octanol–water partition coefficient (Wildman–Crippen LogP) is 1.84. The van der Waals surface area contributed by atoms with Gasteiger partial charge in [0.2, 0.25) is 5.91 Å². The number of hydrogen-bond donors (Lipinski definition) is 0. The molecule has 6 heteroatoms. The van der Waals surface area contributed by atoms with E-state index in [0.717, 1.165) is 0 Å². The summed E-state index contributed by atoms with van der Waals surface area (Å²) in [4.78, 5) is 14.1. The van der Waals surface area contributed by atoms with Crippen molar-refractivity contribution in [3.8, 4) is 11.5 Å². The summed E-state index contributed by atoms with van der Waals surface area (Å²) in [7, 11) is 3.12. The van der Waals surface area contributed by atoms with Gasteiger partial charge in [-0.3, -0.25) is 4.79 Å². The molecular weight excluding hydrogens is 282 g/mol. The molecule has 0 spiro atoms. The highest BCUT2D eigenvalue weighted by molar-refractivity contribution is 6.31. The van der Waals surface area contributed by atoms with Crippen LogP contribution < -0.4 is 9.47 Å². The molecule has 1 saturated heterocycles. The van der Waals surface area contributed by atoms with Crippen LogP contribution in [0.25, 0.3) is 0 Å². The minimum atomic E-state index is -0.793. The van der Waals surface area contributed by atoms with Crippen molar-refractivity contribution < 1.29 is 19.0 Å². The third-order valence-electron chi connectivity index (χ3n) is 3.25. The Morgan fingerprint density at radius 1 is 1.30 bits per heavy atom. The van der Waals surface area contributed by atoms with E-state index in [1.54, 1.807) is 37.3 Å². The Kier molecular flexibility index (Phi) is 5.09. The second-order valence-electron chi connectivity index (χ2n) is 4.41. The molecule has 2 rings (SSSR count). The number of nitrogens with zero attached hydrogens (tertiary/aromatic N) is 1. The van der Waals surface area contributed by atoms with Crippen LogP contribution in [0.2, 0.25) is 0 Å². The summed E-state index contributed by atoms with van der Waals surface area (Å²) in [5.41, 5.74) is 0.616. The average molecular weight is 300 g/mol. The molecular formula is C14H18ClNO4. The summed E-state index contributed by atoms with van der Waals surface area (Å²) >= 11 is 6.34. The van der Waals surface area contributed by atoms with Crippen LogP contribution in [0.3, 0.4) is 0 Å². The molecule has 1 fully saturated rings. The van der Waals surface area contributed by atoms with Crippen molar-refractivity contribution in [1.82, 2.24) is 4.90 Å². The van der Waals surface area contributed by atoms with E-state index in [4.69, 9.17) is 25.8 Å². The van der Waals surface area contributed by atoms with Crippen LogP contribution in [0, 0.1) is 0 Å². The van der Waals surface area contributed by atoms with Crippen LogP contribution in [0.4, 0.5) is 0 Å². The van der Waals surface area contributed by atoms with Gasteiger partial charge in [-0.15, -0.1) is 11.6 Å². The smallest absolute Gasteiger partial charge is 0.245 e. The molecule has 1 aliphatic rings. The predicted molar refractivity (Wildman–Crippen MR) is 75.5 cm³/mol. The van der Waals surface area contributed by atoms with Crippen molar-refractivity contribution in [2.75, 3.05) is 40.5 Å². The molecule has 0 bridgehead atoms. The van der Waals surface area contributed by atoms with Gasteiger partial charge in [0.05, 0.1) is 27.4 Å². The molecule has 20 heavy (non-hydrogen) atoms. The van der Waals surface area contributed by atoms with Gasteiger partial charge in [-0.25, -0.2) is 0 Å². The number of morpholine rings is 1. The van der Waals surface area contributed by atoms with Crippen LogP contribution in [-0.2, 0) is 9.53 Å². The molecule has 5 nitrogen and oxygen atoms in total. The molecule has 1 aromatic rings. The maximum absolute atomic E-state index is 12.4. The Morgan fingerprint density at radius 3 is 2.60 bits per heavy atom. The van der Waals surface area contributed by atoms with Gasteiger partial charge in [0.25, 0.3) is 0 Å². The summed E-state index contributed by atoms with van der Waals surface area (Å²) in [5, 5.41) is -0.793. The normalized spacial score (nSPS) is 16.6. The van der Waals surface area contributed by atoms with Crippen molar-refractivity contribution in [2.24, 2.45) is 0 Å². The third kappa shape index (κ3) is 3.16. The summed E-state index contributed by atoms with van der Waals surface area (Å²) < 4.78 is 15.7. The van der Waals surface area contributed by atoms with E-state index < -0.39 is 5.38 Å². The Labute approximate surface area is 123 Å². The lowest BCUT2D eigenvalue weighted by Crippen LogP contribution is -2.42. The second kappa shape index (κ2) is 6.81. The first kappa shape index (κ1) is 14.9. The number of methoxy groups -OCH3 is 2. The fourth-order valence-electron chi connectivity index (χ4n) is 2.11. The van der Waals surface area contributed by atoms with E-state index in [1.807, 2.05) is 0 Å². The van der Waals surface area contributed by atoms with Crippen molar-refractivity contribution in [2.45, 2.75) is 5.38 Å². The number of carbonyl (C=O) groups is 1. The minimum Gasteiger partial charge on any atom is -0.497 e. The van der Waals surface area contributed by atoms with Crippen LogP contribution >= 0.6 is 11.6 Å². The van der Waals surface area contributed by atoms with Gasteiger partial charge in [0.1, 0.15) is 16.9 Å². The fraction of sp³-hybridized carbons (Fsp3) is 0.500. The van der Waals surface area contributed by atoms with Gasteiger partial charge in [-0.2, -0.15) is 0 Å². The first-order valence-corrected chi connectivity index (χ1v) is 6.83. The van der Waals surface area contributed by atoms with E-state index in [9.17, 15) is 4.79 Å². The second-order valence-corrected chi connectivity index (χ2v) is 4.84. The highest BCUT2D eigenvalue weighted by Gasteiger charge is 2.28. The minimum absolute atomic E-state index is 0.137. The lowest BCUT2D eigenvalue weighted by molar-refractivity contribution is -0.135. The number of benzene rings is 1. The molecule has 1 atom stereocenters. The zero-order valence-electron chi connectivity index (χ0n) is 11.6. The van der Waals surface area contributed by atoms with Gasteiger partial charge < -0.3 is 19.1 Å². The average Bonchev–Trinajstić information content (AvgIpc) is 2.53. The van der Waals surface area contributed by atoms with Crippen molar-refractivity contribution >= 4 is 17.5 Å². The van der Waals surface area contributed by atoms with E-state index in [2.05, 4.69) is 0 Å². The van der Waals surface area contributed by atoms with Crippen molar-refractivity contribution in [1.29, 1.82) is 0 Å². The summed E-state index contributed by atoms with van der Waals surface area (Å²) in [6, 6.07) is 5.25. The molecule has 1 aromatic carbocycles. The summed E-state index contributed by atoms with van der Waals surface area (Å²) in [6.07, 6.45) is 0. The Hall–Kier alpha value is -1.46. The molecule has 1 heterocycles. The SMILES string of the molecule is COc1ccc(OC)c(C(Cl)C(=O)N2CCOCC2)c1. The number of halogens is 1. The van der Waals surface area contributed by atoms with Crippen LogP contribution in [0.15, 0.2) is 18.2 Å². The van der Waals surface area contributed by atoms with Gasteiger partial charge in [0, 0.05) is 18.7 Å². The molecule has 1 unspecified atom stereocenters. The molecule has 1 aliphatic heterocycles. The maximum atomic E-state index is 12.4. The molecule has 110 valence electrons. The first-order chi connectivity index (χ1) is 9.67. The molecule has 1 amide bonds. The number of alkyl halides is 1. The summed E-state index contributed by atoms with van der Waals surface area (Å²) in [6.45, 7) is 2.22. The summed E-state index contributed by atoms with van der Waals surface area (Å²) in [5.74, 6) is 1.08. The standard InChI is InChI=1S/C14H18ClNO4/c1-18-10-3-4-12(19-2)11(9-10)13(15)14(17)16-5-7-20-8-6-16/h3-4,9,13H,5-8H2,1-2H3. The van der Waals surface area contributed by atoms with E-state index in [0.29, 0.717) is 43.4 Å². The van der Waals surface area contributed by atoms with Gasteiger partial charge >= 0.3 is 0 Å². The Bertz CT molecular complexity index is 474. The number of carbonyl (C=O) groups excluding carboxylic acids is 1. The van der Waals surface area contributed by atoms with Crippen molar-refractivity contribution in [3.63, 3.8) is 0 Å². The van der Waals surface area contributed by atoms with Crippen LogP contribution in [0.1, 0.15) is 10.9 Å². The molecule has 0 aliphatic carbocycles. The number of rotatable bonds is 4. The van der Waals surface area contributed by atoms with Crippen molar-refractivity contribution in [3.05, 3.63) is 23.8 Å². The maximum Gasteiger partial charge on any atom is 0.245 e. The number of hydrogen-bond acceptors (Lipinski definition) is 4. The Balaban J connectivity index is 2.22. The van der Waals surface area contributed by atoms with Gasteiger partial charge in [-0.1, -0.05) is 0 Å². The molecule has 0 radical (unpaired) electrons. The molecule has 0 aromatic heterocycles. The lowest BCUT2D eigenvalue weighted by atomic mass is 10.1. The topological polar surface area (TPSA) is 48.0 Å². The van der Waals surface area contributed by atoms with Crippen LogP contribution in [-0.4, -0.2) is 51.3 Å². The zero-order valence-corrected chi connectivity index (χ0v) is 12.4. The highest BCUT2D eigenvalue weighted by atomic mass is 35.5. The largest absolute Gasteiger partial charge is 0.497 e. The number of ether oxygens (including phenoxy) is 3. The quantitative estimate of drug-likeness (QED) is 0.796. The highest BCUT2D eigenvalue weighted by Crippen LogP contribution is 2.34. The lowest BCUT2D eigenvalue weighted by Gasteiger charge is -2.29. The van der Waals surface area contributed by atoms with Gasteiger partial charge in [-0.05, 0) is 18.2 Å².